The number of allylic oxidation sites excluding steroid dienone is 10. The lowest BCUT2D eigenvalue weighted by molar-refractivity contribution is -0.123. The summed E-state index contributed by atoms with van der Waals surface area (Å²) in [5, 5.41) is 22.8. The van der Waals surface area contributed by atoms with Gasteiger partial charge in [-0.3, -0.25) is 4.79 Å². The fraction of sp³-hybridized carbons (Fsp3) is 0.771. The fourth-order valence-corrected chi connectivity index (χ4v) is 6.62. The molecule has 0 radical (unpaired) electrons. The highest BCUT2D eigenvalue weighted by Crippen LogP contribution is 2.16. The summed E-state index contributed by atoms with van der Waals surface area (Å²) in [5.74, 6) is -0.0384. The van der Waals surface area contributed by atoms with Crippen molar-refractivity contribution in [2.24, 2.45) is 0 Å². The Morgan fingerprint density at radius 3 is 1.27 bits per heavy atom. The molecule has 0 fully saturated rings. The van der Waals surface area contributed by atoms with Gasteiger partial charge >= 0.3 is 0 Å². The summed E-state index contributed by atoms with van der Waals surface area (Å²) in [6, 6.07) is -0.532. The van der Waals surface area contributed by atoms with Gasteiger partial charge in [-0.1, -0.05) is 216 Å². The van der Waals surface area contributed by atoms with E-state index < -0.39 is 12.1 Å². The molecule has 0 heterocycles. The second-order valence-electron chi connectivity index (χ2n) is 15.1. The molecule has 0 aliphatic rings. The van der Waals surface area contributed by atoms with Crippen LogP contribution >= 0.6 is 0 Å². The molecule has 0 bridgehead atoms. The Kier molecular flexibility index (Phi) is 41.9. The van der Waals surface area contributed by atoms with Crippen LogP contribution in [0.15, 0.2) is 60.8 Å². The van der Waals surface area contributed by atoms with E-state index in [9.17, 15) is 15.0 Å². The molecule has 0 saturated carbocycles. The number of amides is 1. The quantitative estimate of drug-likeness (QED) is 0.0435. The lowest BCUT2D eigenvalue weighted by atomic mass is 10.0. The van der Waals surface area contributed by atoms with E-state index in [1.54, 1.807) is 0 Å². The van der Waals surface area contributed by atoms with E-state index in [0.29, 0.717) is 12.8 Å². The highest BCUT2D eigenvalue weighted by atomic mass is 16.3. The molecule has 0 aromatic rings. The van der Waals surface area contributed by atoms with Crippen LogP contribution in [0.2, 0.25) is 0 Å². The zero-order valence-corrected chi connectivity index (χ0v) is 34.6. The van der Waals surface area contributed by atoms with E-state index in [0.717, 1.165) is 57.8 Å². The number of aliphatic hydroxyl groups is 2. The fourth-order valence-electron chi connectivity index (χ4n) is 6.62. The number of nitrogens with one attached hydrogen (secondary N) is 1. The number of carbonyl (C=O) groups excluding carboxylic acids is 1. The van der Waals surface area contributed by atoms with Gasteiger partial charge in [0.05, 0.1) is 18.8 Å². The first-order valence-corrected chi connectivity index (χ1v) is 22.5. The Bertz CT molecular complexity index is 873. The van der Waals surface area contributed by atoms with Gasteiger partial charge in [-0.05, 0) is 57.8 Å². The molecule has 0 aliphatic carbocycles. The summed E-state index contributed by atoms with van der Waals surface area (Å²) in [5.41, 5.74) is 0. The normalized spacial score (nSPS) is 13.5. The van der Waals surface area contributed by atoms with Crippen LogP contribution in [0.25, 0.3) is 0 Å². The zero-order valence-electron chi connectivity index (χ0n) is 34.6. The van der Waals surface area contributed by atoms with Crippen molar-refractivity contribution < 1.29 is 15.0 Å². The molecule has 2 atom stereocenters. The van der Waals surface area contributed by atoms with Crippen LogP contribution in [-0.2, 0) is 4.79 Å². The monoisotopic (exact) mass is 726 g/mol. The number of carbonyl (C=O) groups is 1. The Labute approximate surface area is 324 Å². The van der Waals surface area contributed by atoms with Crippen LogP contribution in [0, 0.1) is 0 Å². The number of hydrogen-bond donors (Lipinski definition) is 3. The molecule has 1 amide bonds. The summed E-state index contributed by atoms with van der Waals surface area (Å²) < 4.78 is 0. The average molecular weight is 726 g/mol. The minimum atomic E-state index is -0.655. The molecule has 3 N–H and O–H groups in total. The number of unbranched alkanes of at least 4 members (excludes halogenated alkanes) is 23. The van der Waals surface area contributed by atoms with Gasteiger partial charge in [-0.15, -0.1) is 0 Å². The molecule has 2 unspecified atom stereocenters. The van der Waals surface area contributed by atoms with E-state index >= 15 is 0 Å². The third-order valence-electron chi connectivity index (χ3n) is 10.0. The largest absolute Gasteiger partial charge is 0.394 e. The molecule has 0 rings (SSSR count). The predicted octanol–water partition coefficient (Wildman–Crippen LogP) is 14.1. The summed E-state index contributed by atoms with van der Waals surface area (Å²) in [7, 11) is 0. The van der Waals surface area contributed by atoms with E-state index in [-0.39, 0.29) is 12.5 Å². The second kappa shape index (κ2) is 43.5. The van der Waals surface area contributed by atoms with Gasteiger partial charge in [0.15, 0.2) is 0 Å². The molecule has 52 heavy (non-hydrogen) atoms. The highest BCUT2D eigenvalue weighted by Gasteiger charge is 2.19. The number of aliphatic hydroxyl groups excluding tert-OH is 2. The first-order chi connectivity index (χ1) is 25.7. The molecule has 0 aliphatic heterocycles. The van der Waals surface area contributed by atoms with Crippen molar-refractivity contribution in [2.75, 3.05) is 6.61 Å². The van der Waals surface area contributed by atoms with Crippen LogP contribution < -0.4 is 5.32 Å². The third kappa shape index (κ3) is 39.3. The van der Waals surface area contributed by atoms with E-state index in [1.807, 2.05) is 0 Å². The second-order valence-corrected chi connectivity index (χ2v) is 15.1. The minimum Gasteiger partial charge on any atom is -0.394 e. The van der Waals surface area contributed by atoms with Crippen molar-refractivity contribution in [1.29, 1.82) is 0 Å². The summed E-state index contributed by atoms with van der Waals surface area (Å²) in [6.45, 7) is 4.16. The van der Waals surface area contributed by atoms with Gasteiger partial charge in [0, 0.05) is 6.42 Å². The van der Waals surface area contributed by atoms with Gasteiger partial charge in [-0.25, -0.2) is 0 Å². The van der Waals surface area contributed by atoms with Crippen LogP contribution in [0.1, 0.15) is 219 Å². The summed E-state index contributed by atoms with van der Waals surface area (Å²) in [6.07, 6.45) is 60.7. The maximum Gasteiger partial charge on any atom is 0.220 e. The molecule has 4 heteroatoms. The van der Waals surface area contributed by atoms with Crippen LogP contribution in [0.5, 0.6) is 0 Å². The summed E-state index contributed by atoms with van der Waals surface area (Å²) >= 11 is 0. The Morgan fingerprint density at radius 2 is 0.846 bits per heavy atom. The minimum absolute atomic E-state index is 0.0384. The van der Waals surface area contributed by atoms with E-state index in [1.165, 1.54) is 135 Å². The van der Waals surface area contributed by atoms with Crippen LogP contribution in [0.3, 0.4) is 0 Å². The molecular weight excluding hydrogens is 639 g/mol. The van der Waals surface area contributed by atoms with Crippen LogP contribution in [-0.4, -0.2) is 34.9 Å². The molecule has 0 aromatic carbocycles. The molecule has 302 valence electrons. The highest BCUT2D eigenvalue weighted by molar-refractivity contribution is 5.76. The van der Waals surface area contributed by atoms with Crippen molar-refractivity contribution in [3.8, 4) is 0 Å². The van der Waals surface area contributed by atoms with Gasteiger partial charge < -0.3 is 15.5 Å². The van der Waals surface area contributed by atoms with Crippen molar-refractivity contribution in [3.63, 3.8) is 0 Å². The lowest BCUT2D eigenvalue weighted by Crippen LogP contribution is -2.45. The van der Waals surface area contributed by atoms with E-state index in [4.69, 9.17) is 0 Å². The molecule has 0 aromatic heterocycles. The van der Waals surface area contributed by atoms with Crippen LogP contribution in [0.4, 0.5) is 0 Å². The van der Waals surface area contributed by atoms with Gasteiger partial charge in [0.1, 0.15) is 0 Å². The SMILES string of the molecule is CC/C=C\C/C=C\C/C=C\C/C=C\C/C=C\CCCCCCCCCCCCCCCCCCCCCC(=O)NC(CO)C(O)CCCCCCC. The standard InChI is InChI=1S/C48H87NO3/c1-3-5-7-9-10-11-12-13-14-15-16-17-18-19-20-21-22-23-24-25-26-27-28-29-30-31-32-33-34-35-36-37-38-40-42-44-48(52)49-46(45-50)47(51)43-41-39-8-6-4-2/h5,7,10-11,13-14,16-17,19-20,46-47,50-51H,3-4,6,8-9,12,15,18,21-45H2,1-2H3,(H,49,52)/b7-5-,11-10-,14-13-,17-16-,20-19-. The maximum absolute atomic E-state index is 12.3. The van der Waals surface area contributed by atoms with Crippen molar-refractivity contribution in [1.82, 2.24) is 5.32 Å². The molecule has 0 saturated heterocycles. The van der Waals surface area contributed by atoms with Gasteiger partial charge in [-0.2, -0.15) is 0 Å². The van der Waals surface area contributed by atoms with Crippen molar-refractivity contribution in [2.45, 2.75) is 231 Å². The maximum atomic E-state index is 12.3. The Hall–Kier alpha value is -1.91. The molecule has 4 nitrogen and oxygen atoms in total. The summed E-state index contributed by atoms with van der Waals surface area (Å²) in [4.78, 5) is 12.3. The zero-order chi connectivity index (χ0) is 37.8. The average Bonchev–Trinajstić information content (AvgIpc) is 3.15. The number of rotatable bonds is 40. The van der Waals surface area contributed by atoms with E-state index in [2.05, 4.69) is 79.9 Å². The first kappa shape index (κ1) is 50.1. The third-order valence-corrected chi connectivity index (χ3v) is 10.0. The topological polar surface area (TPSA) is 69.6 Å². The Morgan fingerprint density at radius 1 is 0.481 bits per heavy atom. The first-order valence-electron chi connectivity index (χ1n) is 22.5. The van der Waals surface area contributed by atoms with Crippen molar-refractivity contribution in [3.05, 3.63) is 60.8 Å². The van der Waals surface area contributed by atoms with Gasteiger partial charge in [0.25, 0.3) is 0 Å². The van der Waals surface area contributed by atoms with Gasteiger partial charge in [0.2, 0.25) is 5.91 Å². The number of hydrogen-bond acceptors (Lipinski definition) is 3. The molecular formula is C48H87NO3. The lowest BCUT2D eigenvalue weighted by Gasteiger charge is -2.22. The molecule has 0 spiro atoms. The van der Waals surface area contributed by atoms with Crippen molar-refractivity contribution >= 4 is 5.91 Å². The Balaban J connectivity index is 3.38. The predicted molar refractivity (Wildman–Crippen MR) is 230 cm³/mol. The smallest absolute Gasteiger partial charge is 0.220 e.